The van der Waals surface area contributed by atoms with Crippen molar-refractivity contribution in [1.29, 1.82) is 0 Å². The van der Waals surface area contributed by atoms with Crippen LogP contribution in [0.25, 0.3) is 11.0 Å². The summed E-state index contributed by atoms with van der Waals surface area (Å²) in [5, 5.41) is 2.86. The zero-order chi connectivity index (χ0) is 15.5. The van der Waals surface area contributed by atoms with Gasteiger partial charge in [0.1, 0.15) is 5.75 Å². The normalized spacial score (nSPS) is 10.6. The van der Waals surface area contributed by atoms with Gasteiger partial charge in [0, 0.05) is 7.05 Å². The number of amides is 1. The predicted molar refractivity (Wildman–Crippen MR) is 86.0 cm³/mol. The Balaban J connectivity index is 1.73. The average Bonchev–Trinajstić information content (AvgIpc) is 2.84. The molecule has 0 spiro atoms. The minimum Gasteiger partial charge on any atom is -0.497 e. The molecule has 0 aliphatic rings. The molecule has 0 saturated heterocycles. The van der Waals surface area contributed by atoms with E-state index in [1.54, 1.807) is 7.11 Å². The Bertz CT molecular complexity index is 806. The number of aromatic nitrogens is 2. The van der Waals surface area contributed by atoms with Gasteiger partial charge in [-0.15, -0.1) is 0 Å². The fourth-order valence-electron chi connectivity index (χ4n) is 2.36. The maximum Gasteiger partial charge on any atom is 0.231 e. The van der Waals surface area contributed by atoms with Crippen molar-refractivity contribution < 1.29 is 9.53 Å². The second-order valence-electron chi connectivity index (χ2n) is 5.06. The van der Waals surface area contributed by atoms with Crippen LogP contribution in [0.4, 0.5) is 5.95 Å². The van der Waals surface area contributed by atoms with E-state index in [0.717, 1.165) is 22.3 Å². The van der Waals surface area contributed by atoms with E-state index in [0.29, 0.717) is 12.4 Å². The molecule has 1 N–H and O–H groups in total. The smallest absolute Gasteiger partial charge is 0.231 e. The maximum absolute atomic E-state index is 12.2. The van der Waals surface area contributed by atoms with Crippen molar-refractivity contribution in [2.45, 2.75) is 6.42 Å². The van der Waals surface area contributed by atoms with Gasteiger partial charge in [0.15, 0.2) is 0 Å². The highest BCUT2D eigenvalue weighted by Crippen LogP contribution is 2.18. The van der Waals surface area contributed by atoms with Crippen molar-refractivity contribution >= 4 is 22.9 Å². The molecule has 3 aromatic rings. The zero-order valence-corrected chi connectivity index (χ0v) is 12.5. The second-order valence-corrected chi connectivity index (χ2v) is 5.06. The number of imidazole rings is 1. The lowest BCUT2D eigenvalue weighted by Crippen LogP contribution is -2.17. The van der Waals surface area contributed by atoms with E-state index in [1.807, 2.05) is 60.1 Å². The van der Waals surface area contributed by atoms with Gasteiger partial charge in [0.05, 0.1) is 24.6 Å². The minimum atomic E-state index is -0.0939. The summed E-state index contributed by atoms with van der Waals surface area (Å²) in [5.74, 6) is 1.24. The number of hydrogen-bond donors (Lipinski definition) is 1. The minimum absolute atomic E-state index is 0.0939. The van der Waals surface area contributed by atoms with Crippen LogP contribution in [0.15, 0.2) is 48.5 Å². The van der Waals surface area contributed by atoms with E-state index in [2.05, 4.69) is 10.3 Å². The second kappa shape index (κ2) is 5.89. The molecule has 3 rings (SSSR count). The van der Waals surface area contributed by atoms with E-state index in [9.17, 15) is 4.79 Å². The number of aryl methyl sites for hydroxylation is 1. The van der Waals surface area contributed by atoms with Gasteiger partial charge in [-0.25, -0.2) is 4.98 Å². The Hall–Kier alpha value is -2.82. The summed E-state index contributed by atoms with van der Waals surface area (Å²) in [4.78, 5) is 16.6. The lowest BCUT2D eigenvalue weighted by molar-refractivity contribution is -0.115. The average molecular weight is 295 g/mol. The Kier molecular flexibility index (Phi) is 3.78. The van der Waals surface area contributed by atoms with Crippen molar-refractivity contribution in [3.05, 3.63) is 54.1 Å². The molecule has 0 unspecified atom stereocenters. The maximum atomic E-state index is 12.2. The molecule has 0 aliphatic heterocycles. The molecule has 1 heterocycles. The monoisotopic (exact) mass is 295 g/mol. The quantitative estimate of drug-likeness (QED) is 0.805. The van der Waals surface area contributed by atoms with Crippen molar-refractivity contribution in [1.82, 2.24) is 9.55 Å². The van der Waals surface area contributed by atoms with Gasteiger partial charge in [-0.1, -0.05) is 24.3 Å². The van der Waals surface area contributed by atoms with Crippen LogP contribution in [-0.4, -0.2) is 22.6 Å². The van der Waals surface area contributed by atoms with Crippen molar-refractivity contribution in [2.24, 2.45) is 7.05 Å². The lowest BCUT2D eigenvalue weighted by atomic mass is 10.1. The van der Waals surface area contributed by atoms with Gasteiger partial charge >= 0.3 is 0 Å². The number of carbonyl (C=O) groups is 1. The molecule has 112 valence electrons. The molecule has 1 amide bonds. The van der Waals surface area contributed by atoms with Gasteiger partial charge in [0.25, 0.3) is 0 Å². The first-order valence-corrected chi connectivity index (χ1v) is 7.01. The highest BCUT2D eigenvalue weighted by molar-refractivity contribution is 5.92. The number of rotatable bonds is 4. The molecule has 0 aliphatic carbocycles. The summed E-state index contributed by atoms with van der Waals surface area (Å²) in [5.41, 5.74) is 2.78. The van der Waals surface area contributed by atoms with Crippen LogP contribution in [0.5, 0.6) is 5.75 Å². The zero-order valence-electron chi connectivity index (χ0n) is 12.5. The molecule has 22 heavy (non-hydrogen) atoms. The molecule has 0 radical (unpaired) electrons. The van der Waals surface area contributed by atoms with E-state index >= 15 is 0 Å². The molecule has 0 fully saturated rings. The number of benzene rings is 2. The van der Waals surface area contributed by atoms with Gasteiger partial charge < -0.3 is 9.30 Å². The highest BCUT2D eigenvalue weighted by Gasteiger charge is 2.11. The van der Waals surface area contributed by atoms with Gasteiger partial charge in [0.2, 0.25) is 11.9 Å². The molecule has 5 heteroatoms. The van der Waals surface area contributed by atoms with E-state index in [1.165, 1.54) is 0 Å². The number of nitrogens with one attached hydrogen (secondary N) is 1. The Morgan fingerprint density at radius 1 is 1.18 bits per heavy atom. The summed E-state index contributed by atoms with van der Waals surface area (Å²) < 4.78 is 6.98. The van der Waals surface area contributed by atoms with Crippen LogP contribution in [0.1, 0.15) is 5.56 Å². The molecule has 1 aromatic heterocycles. The third-order valence-electron chi connectivity index (χ3n) is 3.56. The van der Waals surface area contributed by atoms with Gasteiger partial charge in [-0.3, -0.25) is 10.1 Å². The molecule has 0 saturated carbocycles. The fourth-order valence-corrected chi connectivity index (χ4v) is 2.36. The number of carbonyl (C=O) groups excluding carboxylic acids is 1. The summed E-state index contributed by atoms with van der Waals surface area (Å²) in [6.07, 6.45) is 0.299. The summed E-state index contributed by atoms with van der Waals surface area (Å²) in [7, 11) is 3.51. The third kappa shape index (κ3) is 2.79. The number of methoxy groups -OCH3 is 1. The van der Waals surface area contributed by atoms with Crippen LogP contribution >= 0.6 is 0 Å². The number of nitrogens with zero attached hydrogens (tertiary/aromatic N) is 2. The van der Waals surface area contributed by atoms with E-state index < -0.39 is 0 Å². The summed E-state index contributed by atoms with van der Waals surface area (Å²) >= 11 is 0. The molecular formula is C17H17N3O2. The first kappa shape index (κ1) is 14.1. The van der Waals surface area contributed by atoms with Crippen molar-refractivity contribution in [2.75, 3.05) is 12.4 Å². The van der Waals surface area contributed by atoms with Gasteiger partial charge in [-0.2, -0.15) is 0 Å². The number of anilines is 1. The summed E-state index contributed by atoms with van der Waals surface area (Å²) in [6, 6.07) is 15.2. The SMILES string of the molecule is COc1ccc(CC(=O)Nc2nc3ccccc3n2C)cc1. The molecule has 2 aromatic carbocycles. The molecule has 0 bridgehead atoms. The first-order valence-electron chi connectivity index (χ1n) is 7.01. The van der Waals surface area contributed by atoms with Gasteiger partial charge in [-0.05, 0) is 29.8 Å². The molecule has 5 nitrogen and oxygen atoms in total. The van der Waals surface area contributed by atoms with Crippen LogP contribution in [0, 0.1) is 0 Å². The van der Waals surface area contributed by atoms with Crippen LogP contribution < -0.4 is 10.1 Å². The Labute approximate surface area is 128 Å². The van der Waals surface area contributed by atoms with E-state index in [4.69, 9.17) is 4.74 Å². The number of fused-ring (bicyclic) bond motifs is 1. The topological polar surface area (TPSA) is 56.1 Å². The number of para-hydroxylation sites is 2. The number of hydrogen-bond acceptors (Lipinski definition) is 3. The Morgan fingerprint density at radius 2 is 1.91 bits per heavy atom. The van der Waals surface area contributed by atoms with Crippen molar-refractivity contribution in [3.8, 4) is 5.75 Å². The Morgan fingerprint density at radius 3 is 2.59 bits per heavy atom. The molecular weight excluding hydrogens is 278 g/mol. The standard InChI is InChI=1S/C17H17N3O2/c1-20-15-6-4-3-5-14(15)18-17(20)19-16(21)11-12-7-9-13(22-2)10-8-12/h3-10H,11H2,1-2H3,(H,18,19,21). The predicted octanol–water partition coefficient (Wildman–Crippen LogP) is 2.76. The van der Waals surface area contributed by atoms with Crippen LogP contribution in [0.2, 0.25) is 0 Å². The van der Waals surface area contributed by atoms with Crippen LogP contribution in [-0.2, 0) is 18.3 Å². The third-order valence-corrected chi connectivity index (χ3v) is 3.56. The van der Waals surface area contributed by atoms with Crippen LogP contribution in [0.3, 0.4) is 0 Å². The van der Waals surface area contributed by atoms with E-state index in [-0.39, 0.29) is 5.91 Å². The number of ether oxygens (including phenoxy) is 1. The molecule has 0 atom stereocenters. The highest BCUT2D eigenvalue weighted by atomic mass is 16.5. The first-order chi connectivity index (χ1) is 10.7. The fraction of sp³-hybridized carbons (Fsp3) is 0.176. The summed E-state index contributed by atoms with van der Waals surface area (Å²) in [6.45, 7) is 0. The van der Waals surface area contributed by atoms with Crippen molar-refractivity contribution in [3.63, 3.8) is 0 Å². The largest absolute Gasteiger partial charge is 0.497 e. The lowest BCUT2D eigenvalue weighted by Gasteiger charge is -2.06.